The van der Waals surface area contributed by atoms with E-state index in [2.05, 4.69) is 9.97 Å². The number of halogens is 1. The number of ketones is 1. The number of carbonyl (C=O) groups is 1. The highest BCUT2D eigenvalue weighted by Crippen LogP contribution is 2.23. The Hall–Kier alpha value is -2.21. The van der Waals surface area contributed by atoms with Crippen molar-refractivity contribution in [2.75, 3.05) is 5.75 Å². The molecule has 0 saturated carbocycles. The Morgan fingerprint density at radius 3 is 2.77 bits per heavy atom. The molecule has 0 aliphatic carbocycles. The Bertz CT molecular complexity index is 814. The number of aryl methyl sites for hydroxylation is 1. The van der Waals surface area contributed by atoms with Crippen LogP contribution >= 0.6 is 11.8 Å². The Kier molecular flexibility index (Phi) is 4.20. The molecule has 6 heteroatoms. The van der Waals surface area contributed by atoms with E-state index >= 15 is 0 Å². The molecule has 112 valence electrons. The number of rotatable bonds is 5. The smallest absolute Gasteiger partial charge is 0.173 e. The summed E-state index contributed by atoms with van der Waals surface area (Å²) in [5.41, 5.74) is 2.15. The number of Topliss-reactive ketones (excluding diaryl/α,β-unsaturated/α-hetero) is 1. The van der Waals surface area contributed by atoms with Gasteiger partial charge in [-0.3, -0.25) is 4.79 Å². The first kappa shape index (κ1) is 14.7. The summed E-state index contributed by atoms with van der Waals surface area (Å²) in [5.74, 6) is -0.134. The Morgan fingerprint density at radius 1 is 1.27 bits per heavy atom. The lowest BCUT2D eigenvalue weighted by Crippen LogP contribution is -2.04. The molecule has 0 bridgehead atoms. The van der Waals surface area contributed by atoms with Gasteiger partial charge < -0.3 is 4.57 Å². The molecule has 0 atom stereocenters. The third-order valence-corrected chi connectivity index (χ3v) is 4.26. The molecule has 0 aliphatic heterocycles. The van der Waals surface area contributed by atoms with Gasteiger partial charge in [0.25, 0.3) is 0 Å². The number of hydrogen-bond donors (Lipinski definition) is 0. The van der Waals surface area contributed by atoms with Gasteiger partial charge in [-0.1, -0.05) is 11.8 Å². The summed E-state index contributed by atoms with van der Waals surface area (Å²) in [5, 5.41) is 0.770. The maximum absolute atomic E-state index is 12.9. The second-order valence-corrected chi connectivity index (χ2v) is 5.65. The molecule has 2 heterocycles. The maximum atomic E-state index is 12.9. The molecule has 1 aromatic carbocycles. The second kappa shape index (κ2) is 6.27. The first-order valence-electron chi connectivity index (χ1n) is 6.92. The minimum absolute atomic E-state index is 0.0485. The molecule has 2 aromatic heterocycles. The van der Waals surface area contributed by atoms with Crippen molar-refractivity contribution in [1.82, 2.24) is 14.5 Å². The van der Waals surface area contributed by atoms with Crippen LogP contribution in [0.4, 0.5) is 4.39 Å². The summed E-state index contributed by atoms with van der Waals surface area (Å²) < 4.78 is 14.9. The van der Waals surface area contributed by atoms with Crippen molar-refractivity contribution in [1.29, 1.82) is 0 Å². The standard InChI is InChI=1S/C16H14FN3OS/c1-2-20-15-13(4-3-9-18-15)19-16(20)22-10-14(21)11-5-7-12(17)8-6-11/h3-9H,2,10H2,1H3. The molecule has 0 fully saturated rings. The molecule has 0 N–H and O–H groups in total. The molecule has 3 aromatic rings. The van der Waals surface area contributed by atoms with Gasteiger partial charge in [0.15, 0.2) is 16.6 Å². The van der Waals surface area contributed by atoms with Crippen LogP contribution in [0.25, 0.3) is 11.2 Å². The van der Waals surface area contributed by atoms with Crippen molar-refractivity contribution >= 4 is 28.7 Å². The van der Waals surface area contributed by atoms with E-state index in [1.165, 1.54) is 36.0 Å². The number of hydrogen-bond acceptors (Lipinski definition) is 4. The van der Waals surface area contributed by atoms with Gasteiger partial charge >= 0.3 is 0 Å². The highest BCUT2D eigenvalue weighted by molar-refractivity contribution is 7.99. The average Bonchev–Trinajstić information content (AvgIpc) is 2.90. The number of aromatic nitrogens is 3. The predicted octanol–water partition coefficient (Wildman–Crippen LogP) is 3.57. The fourth-order valence-electron chi connectivity index (χ4n) is 2.18. The van der Waals surface area contributed by atoms with Crippen LogP contribution in [0.1, 0.15) is 17.3 Å². The molecule has 22 heavy (non-hydrogen) atoms. The maximum Gasteiger partial charge on any atom is 0.173 e. The molecule has 0 aliphatic rings. The van der Waals surface area contributed by atoms with Crippen molar-refractivity contribution in [2.45, 2.75) is 18.6 Å². The van der Waals surface area contributed by atoms with Gasteiger partial charge in [0.2, 0.25) is 0 Å². The van der Waals surface area contributed by atoms with Gasteiger partial charge in [0.1, 0.15) is 11.3 Å². The van der Waals surface area contributed by atoms with E-state index in [1.807, 2.05) is 23.6 Å². The van der Waals surface area contributed by atoms with Crippen molar-refractivity contribution in [3.63, 3.8) is 0 Å². The minimum Gasteiger partial charge on any atom is -0.304 e. The van der Waals surface area contributed by atoms with Crippen molar-refractivity contribution in [3.05, 3.63) is 54.0 Å². The predicted molar refractivity (Wildman–Crippen MR) is 84.7 cm³/mol. The van der Waals surface area contributed by atoms with E-state index in [-0.39, 0.29) is 17.4 Å². The summed E-state index contributed by atoms with van der Waals surface area (Å²) in [4.78, 5) is 21.0. The number of pyridine rings is 1. The van der Waals surface area contributed by atoms with Crippen LogP contribution in [0.5, 0.6) is 0 Å². The normalized spacial score (nSPS) is 11.0. The number of fused-ring (bicyclic) bond motifs is 1. The molecule has 3 rings (SSSR count). The van der Waals surface area contributed by atoms with Crippen LogP contribution in [0.3, 0.4) is 0 Å². The van der Waals surface area contributed by atoms with E-state index in [1.54, 1.807) is 6.20 Å². The molecule has 0 radical (unpaired) electrons. The van der Waals surface area contributed by atoms with Gasteiger partial charge in [0.05, 0.1) is 5.75 Å². The second-order valence-electron chi connectivity index (χ2n) is 4.70. The number of imidazole rings is 1. The molecule has 0 saturated heterocycles. The monoisotopic (exact) mass is 315 g/mol. The number of benzene rings is 1. The third-order valence-electron chi connectivity index (χ3n) is 3.28. The van der Waals surface area contributed by atoms with Gasteiger partial charge in [-0.2, -0.15) is 0 Å². The first-order valence-corrected chi connectivity index (χ1v) is 7.90. The summed E-state index contributed by atoms with van der Waals surface area (Å²) in [7, 11) is 0. The van der Waals surface area contributed by atoms with Crippen LogP contribution in [-0.4, -0.2) is 26.1 Å². The Morgan fingerprint density at radius 2 is 2.05 bits per heavy atom. The van der Waals surface area contributed by atoms with Crippen molar-refractivity contribution in [3.8, 4) is 0 Å². The zero-order valence-corrected chi connectivity index (χ0v) is 12.8. The lowest BCUT2D eigenvalue weighted by atomic mass is 10.1. The van der Waals surface area contributed by atoms with Crippen molar-refractivity contribution < 1.29 is 9.18 Å². The van der Waals surface area contributed by atoms with Crippen molar-refractivity contribution in [2.24, 2.45) is 0 Å². The fourth-order valence-corrected chi connectivity index (χ4v) is 3.14. The van der Waals surface area contributed by atoms with E-state index in [0.717, 1.165) is 22.9 Å². The number of nitrogens with zero attached hydrogens (tertiary/aromatic N) is 3. The first-order chi connectivity index (χ1) is 10.7. The molecule has 0 amide bonds. The van der Waals surface area contributed by atoms with Crippen LogP contribution in [0.2, 0.25) is 0 Å². The Balaban J connectivity index is 1.79. The molecular weight excluding hydrogens is 301 g/mol. The molecule has 0 spiro atoms. The summed E-state index contributed by atoms with van der Waals surface area (Å²) in [6.07, 6.45) is 1.73. The van der Waals surface area contributed by atoms with E-state index in [4.69, 9.17) is 0 Å². The van der Waals surface area contributed by atoms with Crippen LogP contribution in [0.15, 0.2) is 47.8 Å². The van der Waals surface area contributed by atoms with E-state index in [0.29, 0.717) is 5.56 Å². The van der Waals surface area contributed by atoms with Gasteiger partial charge in [-0.15, -0.1) is 0 Å². The Labute approximate surface area is 131 Å². The highest BCUT2D eigenvalue weighted by Gasteiger charge is 2.13. The zero-order valence-electron chi connectivity index (χ0n) is 12.0. The number of thioether (sulfide) groups is 1. The quantitative estimate of drug-likeness (QED) is 0.533. The SMILES string of the molecule is CCn1c(SCC(=O)c2ccc(F)cc2)nc2cccnc21. The largest absolute Gasteiger partial charge is 0.304 e. The summed E-state index contributed by atoms with van der Waals surface area (Å²) >= 11 is 1.37. The topological polar surface area (TPSA) is 47.8 Å². The van der Waals surface area contributed by atoms with Gasteiger partial charge in [-0.25, -0.2) is 14.4 Å². The minimum atomic E-state index is -0.344. The van der Waals surface area contributed by atoms with Crippen LogP contribution < -0.4 is 0 Å². The van der Waals surface area contributed by atoms with Crippen LogP contribution in [-0.2, 0) is 6.54 Å². The average molecular weight is 315 g/mol. The molecule has 0 unspecified atom stereocenters. The summed E-state index contributed by atoms with van der Waals surface area (Å²) in [6.45, 7) is 2.75. The van der Waals surface area contributed by atoms with Gasteiger partial charge in [-0.05, 0) is 43.3 Å². The van der Waals surface area contributed by atoms with Gasteiger partial charge in [0, 0.05) is 18.3 Å². The highest BCUT2D eigenvalue weighted by atomic mass is 32.2. The van der Waals surface area contributed by atoms with E-state index < -0.39 is 0 Å². The zero-order chi connectivity index (χ0) is 15.5. The van der Waals surface area contributed by atoms with E-state index in [9.17, 15) is 9.18 Å². The lowest BCUT2D eigenvalue weighted by Gasteiger charge is -2.04. The third kappa shape index (κ3) is 2.87. The summed E-state index contributed by atoms with van der Waals surface area (Å²) in [6, 6.07) is 9.34. The number of carbonyl (C=O) groups excluding carboxylic acids is 1. The van der Waals surface area contributed by atoms with Crippen LogP contribution in [0, 0.1) is 5.82 Å². The fraction of sp³-hybridized carbons (Fsp3) is 0.188. The lowest BCUT2D eigenvalue weighted by molar-refractivity contribution is 0.102. The molecule has 4 nitrogen and oxygen atoms in total. The molecular formula is C16H14FN3OS.